The van der Waals surface area contributed by atoms with Crippen LogP contribution in [0, 0.1) is 22.7 Å². The largest absolute Gasteiger partial charge is 0.418 e. The van der Waals surface area contributed by atoms with E-state index in [2.05, 4.69) is 9.80 Å². The lowest BCUT2D eigenvalue weighted by atomic mass is 10.1. The SMILES string of the molecule is CCN(CCCl)c1ccc(/C=C(\C#N)C(=O)Oc2ccccc2OC(=O)/C(C#N)=C/c2ccc(N(CC)CCCl)cc2)cc1. The summed E-state index contributed by atoms with van der Waals surface area (Å²) >= 11 is 11.8. The molecule has 0 radical (unpaired) electrons. The second-order valence-corrected chi connectivity index (χ2v) is 10.0. The highest BCUT2D eigenvalue weighted by Gasteiger charge is 2.19. The number of carbonyl (C=O) groups is 2. The van der Waals surface area contributed by atoms with Crippen molar-refractivity contribution in [3.05, 3.63) is 95.1 Å². The van der Waals surface area contributed by atoms with E-state index in [4.69, 9.17) is 32.7 Å². The van der Waals surface area contributed by atoms with Gasteiger partial charge in [-0.2, -0.15) is 10.5 Å². The van der Waals surface area contributed by atoms with Crippen LogP contribution in [0.3, 0.4) is 0 Å². The fourth-order valence-corrected chi connectivity index (χ4v) is 4.65. The second kappa shape index (κ2) is 17.4. The molecular weight excluding hydrogens is 599 g/mol. The van der Waals surface area contributed by atoms with E-state index in [0.29, 0.717) is 36.0 Å². The zero-order valence-electron chi connectivity index (χ0n) is 24.5. The zero-order valence-corrected chi connectivity index (χ0v) is 26.0. The lowest BCUT2D eigenvalue weighted by Crippen LogP contribution is -2.24. The van der Waals surface area contributed by atoms with Crippen LogP contribution in [0.2, 0.25) is 0 Å². The molecule has 0 aliphatic heterocycles. The predicted molar refractivity (Wildman–Crippen MR) is 175 cm³/mol. The summed E-state index contributed by atoms with van der Waals surface area (Å²) in [5, 5.41) is 19.3. The van der Waals surface area contributed by atoms with Gasteiger partial charge in [0, 0.05) is 49.3 Å². The van der Waals surface area contributed by atoms with Crippen LogP contribution in [0.1, 0.15) is 25.0 Å². The van der Waals surface area contributed by atoms with E-state index < -0.39 is 11.9 Å². The van der Waals surface area contributed by atoms with Gasteiger partial charge in [-0.05, 0) is 73.5 Å². The van der Waals surface area contributed by atoms with Gasteiger partial charge in [0.15, 0.2) is 11.5 Å². The number of rotatable bonds is 14. The molecule has 10 heteroatoms. The molecule has 3 aromatic carbocycles. The minimum Gasteiger partial charge on any atom is -0.418 e. The van der Waals surface area contributed by atoms with E-state index in [1.165, 1.54) is 24.3 Å². The number of nitrogens with zero attached hydrogens (tertiary/aromatic N) is 4. The van der Waals surface area contributed by atoms with E-state index in [1.54, 1.807) is 36.4 Å². The summed E-state index contributed by atoms with van der Waals surface area (Å²) in [5.74, 6) is -1.03. The average Bonchev–Trinajstić information content (AvgIpc) is 3.05. The number of halogens is 2. The molecular formula is C34H32Cl2N4O4. The monoisotopic (exact) mass is 630 g/mol. The Balaban J connectivity index is 1.75. The fourth-order valence-electron chi connectivity index (χ4n) is 4.24. The number of anilines is 2. The zero-order chi connectivity index (χ0) is 31.9. The predicted octanol–water partition coefficient (Wildman–Crippen LogP) is 6.84. The molecule has 0 heterocycles. The summed E-state index contributed by atoms with van der Waals surface area (Å²) in [6.07, 6.45) is 2.82. The summed E-state index contributed by atoms with van der Waals surface area (Å²) in [6, 6.07) is 24.4. The van der Waals surface area contributed by atoms with Crippen LogP contribution in [0.25, 0.3) is 12.2 Å². The number of hydrogen-bond donors (Lipinski definition) is 0. The molecule has 0 bridgehead atoms. The van der Waals surface area contributed by atoms with Gasteiger partial charge in [0.25, 0.3) is 0 Å². The smallest absolute Gasteiger partial charge is 0.354 e. The maximum atomic E-state index is 12.9. The normalized spacial score (nSPS) is 11.2. The number of ether oxygens (including phenoxy) is 2. The maximum Gasteiger partial charge on any atom is 0.354 e. The first-order valence-electron chi connectivity index (χ1n) is 14.0. The number of hydrogen-bond acceptors (Lipinski definition) is 8. The highest BCUT2D eigenvalue weighted by molar-refractivity contribution is 6.18. The molecule has 0 amide bonds. The van der Waals surface area contributed by atoms with Crippen molar-refractivity contribution in [2.24, 2.45) is 0 Å². The standard InChI is InChI=1S/C34H32Cl2N4O4/c1-3-39(19-17-35)29-13-9-25(10-14-29)21-27(23-37)33(41)43-31-7-5-6-8-32(31)44-34(42)28(24-38)22-26-11-15-30(16-12-26)40(4-2)20-18-36/h5-16,21-22H,3-4,17-20H2,1-2H3/b27-21+,28-22+. The Kier molecular flexibility index (Phi) is 13.3. The molecule has 0 N–H and O–H groups in total. The van der Waals surface area contributed by atoms with E-state index >= 15 is 0 Å². The molecule has 3 aromatic rings. The van der Waals surface area contributed by atoms with Crippen LogP contribution < -0.4 is 19.3 Å². The first kappa shape index (κ1) is 33.7. The van der Waals surface area contributed by atoms with E-state index in [1.807, 2.05) is 50.3 Å². The summed E-state index contributed by atoms with van der Waals surface area (Å²) in [4.78, 5) is 30.0. The van der Waals surface area contributed by atoms with Gasteiger partial charge >= 0.3 is 11.9 Å². The minimum atomic E-state index is -0.927. The second-order valence-electron chi connectivity index (χ2n) is 9.29. The number of esters is 2. The summed E-state index contributed by atoms with van der Waals surface area (Å²) in [7, 11) is 0. The number of alkyl halides is 2. The van der Waals surface area contributed by atoms with Crippen molar-refractivity contribution < 1.29 is 19.1 Å². The molecule has 44 heavy (non-hydrogen) atoms. The third-order valence-electron chi connectivity index (χ3n) is 6.55. The number of para-hydroxylation sites is 2. The number of nitriles is 2. The number of carbonyl (C=O) groups excluding carboxylic acids is 2. The average molecular weight is 632 g/mol. The molecule has 0 unspecified atom stereocenters. The van der Waals surface area contributed by atoms with Crippen LogP contribution in [-0.2, 0) is 9.59 Å². The minimum absolute atomic E-state index is 0.0809. The molecule has 8 nitrogen and oxygen atoms in total. The van der Waals surface area contributed by atoms with Crippen molar-refractivity contribution in [1.29, 1.82) is 10.5 Å². The molecule has 226 valence electrons. The third-order valence-corrected chi connectivity index (χ3v) is 6.88. The van der Waals surface area contributed by atoms with E-state index in [-0.39, 0.29) is 22.6 Å². The topological polar surface area (TPSA) is 107 Å². The quantitative estimate of drug-likeness (QED) is 0.0626. The Morgan fingerprint density at radius 1 is 0.682 bits per heavy atom. The van der Waals surface area contributed by atoms with Crippen LogP contribution in [-0.4, -0.2) is 49.9 Å². The van der Waals surface area contributed by atoms with Crippen LogP contribution >= 0.6 is 23.2 Å². The summed E-state index contributed by atoms with van der Waals surface area (Å²) in [6.45, 7) is 7.01. The molecule has 0 aliphatic rings. The van der Waals surface area contributed by atoms with Crippen LogP contribution in [0.15, 0.2) is 83.9 Å². The maximum absolute atomic E-state index is 12.9. The fraction of sp³-hybridized carbons (Fsp3) is 0.235. The summed E-state index contributed by atoms with van der Waals surface area (Å²) in [5.41, 5.74) is 2.69. The Bertz CT molecular complexity index is 1450. The number of benzene rings is 3. The molecule has 0 aliphatic carbocycles. The van der Waals surface area contributed by atoms with Gasteiger partial charge in [0.1, 0.15) is 23.3 Å². The highest BCUT2D eigenvalue weighted by atomic mass is 35.5. The van der Waals surface area contributed by atoms with Crippen LogP contribution in [0.5, 0.6) is 11.5 Å². The van der Waals surface area contributed by atoms with Gasteiger partial charge in [-0.1, -0.05) is 36.4 Å². The Morgan fingerprint density at radius 3 is 1.34 bits per heavy atom. The first-order chi connectivity index (χ1) is 21.4. The lowest BCUT2D eigenvalue weighted by molar-refractivity contribution is -0.132. The van der Waals surface area contributed by atoms with Gasteiger partial charge in [0.05, 0.1) is 0 Å². The Labute approximate surface area is 267 Å². The Hall–Kier alpha value is -4.76. The van der Waals surface area contributed by atoms with Gasteiger partial charge in [-0.25, -0.2) is 9.59 Å². The molecule has 0 fully saturated rings. The highest BCUT2D eigenvalue weighted by Crippen LogP contribution is 2.29. The van der Waals surface area contributed by atoms with Crippen molar-refractivity contribution in [1.82, 2.24) is 0 Å². The van der Waals surface area contributed by atoms with Crippen molar-refractivity contribution in [2.75, 3.05) is 47.7 Å². The van der Waals surface area contributed by atoms with Crippen molar-refractivity contribution in [3.63, 3.8) is 0 Å². The summed E-state index contributed by atoms with van der Waals surface area (Å²) < 4.78 is 10.9. The molecule has 0 aromatic heterocycles. The van der Waals surface area contributed by atoms with E-state index in [9.17, 15) is 20.1 Å². The molecule has 0 saturated heterocycles. The van der Waals surface area contributed by atoms with Crippen molar-refractivity contribution in [3.8, 4) is 23.6 Å². The third kappa shape index (κ3) is 9.37. The van der Waals surface area contributed by atoms with Gasteiger partial charge < -0.3 is 19.3 Å². The molecule has 0 atom stereocenters. The van der Waals surface area contributed by atoms with Crippen LogP contribution in [0.4, 0.5) is 11.4 Å². The van der Waals surface area contributed by atoms with Gasteiger partial charge in [-0.3, -0.25) is 0 Å². The van der Waals surface area contributed by atoms with Gasteiger partial charge in [0.2, 0.25) is 0 Å². The Morgan fingerprint density at radius 2 is 1.05 bits per heavy atom. The molecule has 0 saturated carbocycles. The van der Waals surface area contributed by atoms with Crippen molar-refractivity contribution in [2.45, 2.75) is 13.8 Å². The van der Waals surface area contributed by atoms with Crippen molar-refractivity contribution >= 4 is 58.7 Å². The molecule has 0 spiro atoms. The van der Waals surface area contributed by atoms with Gasteiger partial charge in [-0.15, -0.1) is 23.2 Å². The van der Waals surface area contributed by atoms with E-state index in [0.717, 1.165) is 24.5 Å². The molecule has 3 rings (SSSR count). The lowest BCUT2D eigenvalue weighted by Gasteiger charge is -2.21. The first-order valence-corrected chi connectivity index (χ1v) is 15.0.